The average molecular weight is 372 g/mol. The van der Waals surface area contributed by atoms with E-state index in [1.54, 1.807) is 18.2 Å². The molecule has 2 saturated carbocycles. The minimum absolute atomic E-state index is 0.0150. The van der Waals surface area contributed by atoms with Crippen LogP contribution < -0.4 is 10.0 Å². The molecule has 1 aromatic carbocycles. The molecule has 3 atom stereocenters. The molecule has 2 N–H and O–H groups in total. The van der Waals surface area contributed by atoms with Gasteiger partial charge in [-0.3, -0.25) is 4.79 Å². The van der Waals surface area contributed by atoms with Crippen LogP contribution in [0.25, 0.3) is 0 Å². The number of aromatic nitrogens is 2. The van der Waals surface area contributed by atoms with Gasteiger partial charge >= 0.3 is 0 Å². The highest BCUT2D eigenvalue weighted by Gasteiger charge is 2.43. The van der Waals surface area contributed by atoms with E-state index < -0.39 is 10.0 Å². The first-order valence-electron chi connectivity index (χ1n) is 8.72. The van der Waals surface area contributed by atoms with Crippen molar-refractivity contribution in [1.29, 1.82) is 0 Å². The normalized spacial score (nSPS) is 24.4. The van der Waals surface area contributed by atoms with Crippen LogP contribution in [-0.4, -0.2) is 24.3 Å². The number of carbonyl (C=O) groups is 1. The molecule has 0 radical (unpaired) electrons. The summed E-state index contributed by atoms with van der Waals surface area (Å²) in [6.07, 6.45) is 7.46. The van der Waals surface area contributed by atoms with Gasteiger partial charge in [-0.1, -0.05) is 6.42 Å². The molecule has 2 aliphatic rings. The Bertz CT molecular complexity index is 900. The maximum absolute atomic E-state index is 12.5. The lowest BCUT2D eigenvalue weighted by Crippen LogP contribution is -2.27. The van der Waals surface area contributed by atoms with E-state index in [1.807, 2.05) is 0 Å². The molecule has 0 spiro atoms. The number of benzene rings is 1. The third-order valence-corrected chi connectivity index (χ3v) is 6.64. The lowest BCUT2D eigenvalue weighted by Gasteiger charge is -2.20. The van der Waals surface area contributed by atoms with E-state index in [4.69, 9.17) is 0 Å². The zero-order valence-corrected chi connectivity index (χ0v) is 14.9. The average Bonchev–Trinajstić information content (AvgIpc) is 3.26. The van der Waals surface area contributed by atoms with E-state index in [1.165, 1.54) is 37.4 Å². The van der Waals surface area contributed by atoms with Crippen molar-refractivity contribution >= 4 is 27.6 Å². The van der Waals surface area contributed by atoms with Crippen molar-refractivity contribution in [3.05, 3.63) is 42.7 Å². The first-order valence-corrected chi connectivity index (χ1v) is 10.2. The quantitative estimate of drug-likeness (QED) is 0.840. The van der Waals surface area contributed by atoms with Gasteiger partial charge < -0.3 is 5.32 Å². The monoisotopic (exact) mass is 372 g/mol. The first-order chi connectivity index (χ1) is 12.5. The second-order valence-electron chi connectivity index (χ2n) is 6.97. The lowest BCUT2D eigenvalue weighted by atomic mass is 9.88. The zero-order valence-electron chi connectivity index (χ0n) is 14.1. The summed E-state index contributed by atoms with van der Waals surface area (Å²) in [7, 11) is -3.77. The minimum atomic E-state index is -3.77. The first kappa shape index (κ1) is 17.0. The highest BCUT2D eigenvalue weighted by Crippen LogP contribution is 2.48. The summed E-state index contributed by atoms with van der Waals surface area (Å²) in [5.74, 6) is 1.36. The molecule has 136 valence electrons. The fraction of sp³-hybridized carbons (Fsp3) is 0.389. The van der Waals surface area contributed by atoms with Crippen LogP contribution in [-0.2, 0) is 14.8 Å². The number of nitrogens with one attached hydrogen (secondary N) is 2. The zero-order chi connectivity index (χ0) is 18.1. The van der Waals surface area contributed by atoms with E-state index in [-0.39, 0.29) is 22.7 Å². The van der Waals surface area contributed by atoms with Gasteiger partial charge in [0, 0.05) is 24.0 Å². The minimum Gasteiger partial charge on any atom is -0.326 e. The molecule has 4 rings (SSSR count). The van der Waals surface area contributed by atoms with Gasteiger partial charge in [-0.25, -0.2) is 23.1 Å². The van der Waals surface area contributed by atoms with Crippen molar-refractivity contribution in [2.24, 2.45) is 17.8 Å². The molecule has 1 aromatic heterocycles. The highest BCUT2D eigenvalue weighted by molar-refractivity contribution is 7.92. The van der Waals surface area contributed by atoms with Crippen molar-refractivity contribution in [2.75, 3.05) is 10.0 Å². The molecule has 26 heavy (non-hydrogen) atoms. The van der Waals surface area contributed by atoms with E-state index in [0.29, 0.717) is 17.5 Å². The Balaban J connectivity index is 1.42. The summed E-state index contributed by atoms with van der Waals surface area (Å²) in [5.41, 5.74) is 0.604. The van der Waals surface area contributed by atoms with Crippen LogP contribution in [0.2, 0.25) is 0 Å². The van der Waals surface area contributed by atoms with Crippen LogP contribution in [0.3, 0.4) is 0 Å². The molecule has 8 heteroatoms. The van der Waals surface area contributed by atoms with Crippen molar-refractivity contribution in [3.8, 4) is 0 Å². The van der Waals surface area contributed by atoms with Crippen molar-refractivity contribution in [3.63, 3.8) is 0 Å². The van der Waals surface area contributed by atoms with Crippen LogP contribution in [0.5, 0.6) is 0 Å². The molecular weight excluding hydrogens is 352 g/mol. The van der Waals surface area contributed by atoms with Gasteiger partial charge in [-0.15, -0.1) is 0 Å². The number of rotatable bonds is 5. The Kier molecular flexibility index (Phi) is 4.36. The SMILES string of the molecule is O=C(Nc1ccc(S(=O)(=O)Nc2ncccn2)cc1)[C@@H]1C[C@H]2CC[C@@H]1C2. The van der Waals surface area contributed by atoms with Gasteiger partial charge in [0.1, 0.15) is 0 Å². The number of amides is 1. The van der Waals surface area contributed by atoms with E-state index in [9.17, 15) is 13.2 Å². The van der Waals surface area contributed by atoms with Gasteiger partial charge in [-0.2, -0.15) is 0 Å². The van der Waals surface area contributed by atoms with Gasteiger partial charge in [-0.05, 0) is 61.4 Å². The standard InChI is InChI=1S/C18H20N4O3S/c23-17(16-11-12-2-3-13(16)10-12)21-14-4-6-15(7-5-14)26(24,25)22-18-19-8-1-9-20-18/h1,4-9,12-13,16H,2-3,10-11H2,(H,21,23)(H,19,20,22)/t12-,13+,16+/m0/s1. The number of carbonyl (C=O) groups excluding carboxylic acids is 1. The Hall–Kier alpha value is -2.48. The van der Waals surface area contributed by atoms with Gasteiger partial charge in [0.25, 0.3) is 10.0 Å². The molecule has 1 heterocycles. The van der Waals surface area contributed by atoms with Crippen LogP contribution >= 0.6 is 0 Å². The molecule has 2 aliphatic carbocycles. The molecule has 2 aromatic rings. The second kappa shape index (κ2) is 6.68. The molecule has 2 bridgehead atoms. The molecule has 0 saturated heterocycles. The van der Waals surface area contributed by atoms with Gasteiger partial charge in [0.05, 0.1) is 4.90 Å². The van der Waals surface area contributed by atoms with E-state index in [0.717, 1.165) is 12.8 Å². The molecule has 0 unspecified atom stereocenters. The summed E-state index contributed by atoms with van der Waals surface area (Å²) >= 11 is 0. The summed E-state index contributed by atoms with van der Waals surface area (Å²) in [6, 6.07) is 7.73. The topological polar surface area (TPSA) is 101 Å². The lowest BCUT2D eigenvalue weighted by molar-refractivity contribution is -0.121. The fourth-order valence-corrected chi connectivity index (χ4v) is 5.01. The van der Waals surface area contributed by atoms with Crippen LogP contribution in [0, 0.1) is 17.8 Å². The number of fused-ring (bicyclic) bond motifs is 2. The summed E-state index contributed by atoms with van der Waals surface area (Å²) in [4.78, 5) is 20.3. The van der Waals surface area contributed by atoms with Gasteiger partial charge in [0.15, 0.2) is 0 Å². The van der Waals surface area contributed by atoms with Crippen LogP contribution in [0.15, 0.2) is 47.6 Å². The predicted molar refractivity (Wildman–Crippen MR) is 96.9 cm³/mol. The Morgan fingerprint density at radius 2 is 1.77 bits per heavy atom. The van der Waals surface area contributed by atoms with E-state index in [2.05, 4.69) is 20.0 Å². The van der Waals surface area contributed by atoms with Crippen molar-refractivity contribution in [1.82, 2.24) is 9.97 Å². The fourth-order valence-electron chi connectivity index (χ4n) is 4.05. The van der Waals surface area contributed by atoms with Crippen LogP contribution in [0.4, 0.5) is 11.6 Å². The van der Waals surface area contributed by atoms with E-state index >= 15 is 0 Å². The second-order valence-corrected chi connectivity index (χ2v) is 8.66. The molecule has 2 fully saturated rings. The Morgan fingerprint density at radius 3 is 2.38 bits per heavy atom. The maximum atomic E-state index is 12.5. The molecule has 7 nitrogen and oxygen atoms in total. The molecular formula is C18H20N4O3S. The highest BCUT2D eigenvalue weighted by atomic mass is 32.2. The number of hydrogen-bond acceptors (Lipinski definition) is 5. The third-order valence-electron chi connectivity index (χ3n) is 5.30. The molecule has 1 amide bonds. The van der Waals surface area contributed by atoms with Crippen molar-refractivity contribution < 1.29 is 13.2 Å². The molecule has 0 aliphatic heterocycles. The number of nitrogens with zero attached hydrogens (tertiary/aromatic N) is 2. The third kappa shape index (κ3) is 3.41. The van der Waals surface area contributed by atoms with Gasteiger partial charge in [0.2, 0.25) is 11.9 Å². The van der Waals surface area contributed by atoms with Crippen molar-refractivity contribution in [2.45, 2.75) is 30.6 Å². The smallest absolute Gasteiger partial charge is 0.264 e. The summed E-state index contributed by atoms with van der Waals surface area (Å²) in [6.45, 7) is 0. The number of hydrogen-bond donors (Lipinski definition) is 2. The van der Waals surface area contributed by atoms with Crippen LogP contribution in [0.1, 0.15) is 25.7 Å². The number of anilines is 2. The largest absolute Gasteiger partial charge is 0.326 e. The summed E-state index contributed by atoms with van der Waals surface area (Å²) < 4.78 is 27.0. The summed E-state index contributed by atoms with van der Waals surface area (Å²) in [5, 5.41) is 2.92. The Labute approximate surface area is 152 Å². The Morgan fingerprint density at radius 1 is 1.04 bits per heavy atom. The predicted octanol–water partition coefficient (Wildman–Crippen LogP) is 2.65. The maximum Gasteiger partial charge on any atom is 0.264 e. The number of sulfonamides is 1.